The molecule has 1 aliphatic rings. The summed E-state index contributed by atoms with van der Waals surface area (Å²) in [6.07, 6.45) is 0.849. The number of halogens is 2. The molecule has 0 radical (unpaired) electrons. The van der Waals surface area contributed by atoms with Crippen LogP contribution in [0.1, 0.15) is 29.5 Å². The summed E-state index contributed by atoms with van der Waals surface area (Å²) in [6.45, 7) is 5.09. The third-order valence-electron chi connectivity index (χ3n) is 5.30. The Morgan fingerprint density at radius 3 is 2.34 bits per heavy atom. The average molecular weight is 466 g/mol. The van der Waals surface area contributed by atoms with E-state index in [0.29, 0.717) is 24.0 Å². The molecule has 1 atom stereocenters. The molecule has 172 valence electrons. The van der Waals surface area contributed by atoms with Crippen LogP contribution in [0.15, 0.2) is 35.2 Å². The molecular formula is C22H25F2N3O4S. The normalized spacial score (nSPS) is 16.7. The van der Waals surface area contributed by atoms with E-state index < -0.39 is 46.1 Å². The average Bonchev–Trinajstić information content (AvgIpc) is 3.19. The molecule has 3 rings (SSSR count). The minimum absolute atomic E-state index is 0.0403. The second-order valence-corrected chi connectivity index (χ2v) is 9.72. The fraction of sp³-hybridized carbons (Fsp3) is 0.364. The van der Waals surface area contributed by atoms with Crippen molar-refractivity contribution >= 4 is 27.5 Å². The van der Waals surface area contributed by atoms with E-state index in [1.165, 1.54) is 10.4 Å². The molecule has 1 saturated heterocycles. The maximum absolute atomic E-state index is 13.3. The summed E-state index contributed by atoms with van der Waals surface area (Å²) in [5.41, 5.74) is 2.21. The molecule has 1 fully saturated rings. The largest absolute Gasteiger partial charge is 0.346 e. The Balaban J connectivity index is 1.69. The number of hydrogen-bond acceptors (Lipinski definition) is 4. The highest BCUT2D eigenvalue weighted by Gasteiger charge is 2.40. The molecule has 0 bridgehead atoms. The van der Waals surface area contributed by atoms with Gasteiger partial charge in [-0.05, 0) is 56.9 Å². The van der Waals surface area contributed by atoms with Gasteiger partial charge in [0.1, 0.15) is 6.04 Å². The van der Waals surface area contributed by atoms with Crippen molar-refractivity contribution in [1.29, 1.82) is 0 Å². The molecule has 2 aromatic rings. The van der Waals surface area contributed by atoms with Crippen LogP contribution in [-0.2, 0) is 19.6 Å². The van der Waals surface area contributed by atoms with Crippen molar-refractivity contribution in [3.05, 3.63) is 58.7 Å². The fourth-order valence-corrected chi connectivity index (χ4v) is 6.12. The van der Waals surface area contributed by atoms with Crippen molar-refractivity contribution in [2.24, 2.45) is 0 Å². The molecular weight excluding hydrogens is 440 g/mol. The molecule has 1 aliphatic heterocycles. The molecule has 7 nitrogen and oxygen atoms in total. The number of carbonyl (C=O) groups is 2. The summed E-state index contributed by atoms with van der Waals surface area (Å²) in [7, 11) is -3.91. The van der Waals surface area contributed by atoms with Crippen LogP contribution < -0.4 is 10.6 Å². The van der Waals surface area contributed by atoms with Gasteiger partial charge in [-0.15, -0.1) is 0 Å². The number of nitrogens with zero attached hydrogens (tertiary/aromatic N) is 1. The first-order valence-corrected chi connectivity index (χ1v) is 11.6. The highest BCUT2D eigenvalue weighted by molar-refractivity contribution is 7.89. The monoisotopic (exact) mass is 465 g/mol. The predicted molar refractivity (Wildman–Crippen MR) is 116 cm³/mol. The Labute approximate surface area is 185 Å². The van der Waals surface area contributed by atoms with Crippen molar-refractivity contribution in [3.8, 4) is 0 Å². The molecule has 2 aromatic carbocycles. The summed E-state index contributed by atoms with van der Waals surface area (Å²) in [6, 6.07) is 5.53. The molecule has 1 heterocycles. The maximum atomic E-state index is 13.3. The van der Waals surface area contributed by atoms with Gasteiger partial charge in [-0.25, -0.2) is 17.2 Å². The van der Waals surface area contributed by atoms with Gasteiger partial charge >= 0.3 is 0 Å². The first-order valence-electron chi connectivity index (χ1n) is 10.1. The van der Waals surface area contributed by atoms with Crippen LogP contribution in [0.3, 0.4) is 0 Å². The number of amides is 2. The van der Waals surface area contributed by atoms with E-state index in [9.17, 15) is 26.8 Å². The summed E-state index contributed by atoms with van der Waals surface area (Å²) >= 11 is 0. The number of hydrogen-bond donors (Lipinski definition) is 2. The zero-order valence-corrected chi connectivity index (χ0v) is 18.9. The topological polar surface area (TPSA) is 95.6 Å². The Morgan fingerprint density at radius 1 is 1.06 bits per heavy atom. The molecule has 0 aromatic heterocycles. The van der Waals surface area contributed by atoms with E-state index in [2.05, 4.69) is 10.6 Å². The van der Waals surface area contributed by atoms with Crippen LogP contribution in [0.25, 0.3) is 0 Å². The van der Waals surface area contributed by atoms with E-state index >= 15 is 0 Å². The molecule has 10 heteroatoms. The van der Waals surface area contributed by atoms with Crippen LogP contribution in [-0.4, -0.2) is 43.7 Å². The number of anilines is 1. The van der Waals surface area contributed by atoms with Gasteiger partial charge in [0.2, 0.25) is 21.8 Å². The summed E-state index contributed by atoms with van der Waals surface area (Å²) < 4.78 is 54.1. The lowest BCUT2D eigenvalue weighted by Crippen LogP contribution is -2.47. The van der Waals surface area contributed by atoms with Crippen LogP contribution in [0.2, 0.25) is 0 Å². The summed E-state index contributed by atoms with van der Waals surface area (Å²) in [5, 5.41) is 4.79. The molecule has 32 heavy (non-hydrogen) atoms. The minimum Gasteiger partial charge on any atom is -0.346 e. The molecule has 0 saturated carbocycles. The van der Waals surface area contributed by atoms with Gasteiger partial charge in [-0.2, -0.15) is 4.31 Å². The fourth-order valence-electron chi connectivity index (χ4n) is 4.05. The maximum Gasteiger partial charge on any atom is 0.244 e. The number of aryl methyl sites for hydroxylation is 3. The standard InChI is InChI=1S/C22H25F2N3O4S/c1-13-9-14(2)21(15(3)10-13)32(30,31)27-8-4-5-19(27)22(29)25-12-20(28)26-16-6-7-17(23)18(24)11-16/h6-7,9-11,19H,4-5,8,12H2,1-3H3,(H,25,29)(H,26,28). The summed E-state index contributed by atoms with van der Waals surface area (Å²) in [4.78, 5) is 25.0. The van der Waals surface area contributed by atoms with Gasteiger partial charge in [-0.1, -0.05) is 17.7 Å². The number of nitrogens with one attached hydrogen (secondary N) is 2. The van der Waals surface area contributed by atoms with Crippen molar-refractivity contribution < 1.29 is 26.8 Å². The lowest BCUT2D eigenvalue weighted by atomic mass is 10.1. The minimum atomic E-state index is -3.91. The van der Waals surface area contributed by atoms with Crippen molar-refractivity contribution in [2.45, 2.75) is 44.6 Å². The number of sulfonamides is 1. The highest BCUT2D eigenvalue weighted by Crippen LogP contribution is 2.30. The Bertz CT molecular complexity index is 1140. The Hall–Kier alpha value is -2.85. The molecule has 2 N–H and O–H groups in total. The van der Waals surface area contributed by atoms with Gasteiger partial charge in [0.05, 0.1) is 11.4 Å². The number of carbonyl (C=O) groups excluding carboxylic acids is 2. The SMILES string of the molecule is Cc1cc(C)c(S(=O)(=O)N2CCCC2C(=O)NCC(=O)Nc2ccc(F)c(F)c2)c(C)c1. The summed E-state index contributed by atoms with van der Waals surface area (Å²) in [5.74, 6) is -3.39. The quantitative estimate of drug-likeness (QED) is 0.686. The van der Waals surface area contributed by atoms with Gasteiger partial charge in [0.25, 0.3) is 0 Å². The Morgan fingerprint density at radius 2 is 1.72 bits per heavy atom. The predicted octanol–water partition coefficient (Wildman–Crippen LogP) is 2.80. The van der Waals surface area contributed by atoms with Crippen molar-refractivity contribution in [1.82, 2.24) is 9.62 Å². The van der Waals surface area contributed by atoms with Crippen LogP contribution in [0, 0.1) is 32.4 Å². The number of rotatable bonds is 6. The highest BCUT2D eigenvalue weighted by atomic mass is 32.2. The Kier molecular flexibility index (Phi) is 6.94. The van der Waals surface area contributed by atoms with Crippen molar-refractivity contribution in [2.75, 3.05) is 18.4 Å². The van der Waals surface area contributed by atoms with E-state index in [4.69, 9.17) is 0 Å². The van der Waals surface area contributed by atoms with Gasteiger partial charge in [0.15, 0.2) is 11.6 Å². The second kappa shape index (κ2) is 9.33. The van der Waals surface area contributed by atoms with Gasteiger partial charge in [-0.3, -0.25) is 9.59 Å². The zero-order valence-electron chi connectivity index (χ0n) is 18.0. The van der Waals surface area contributed by atoms with E-state index in [1.807, 2.05) is 6.92 Å². The van der Waals surface area contributed by atoms with Gasteiger partial charge in [0, 0.05) is 18.3 Å². The third kappa shape index (κ3) is 4.97. The lowest BCUT2D eigenvalue weighted by molar-refractivity contribution is -0.126. The van der Waals surface area contributed by atoms with Gasteiger partial charge < -0.3 is 10.6 Å². The molecule has 2 amide bonds. The smallest absolute Gasteiger partial charge is 0.244 e. The van der Waals surface area contributed by atoms with Crippen LogP contribution in [0.4, 0.5) is 14.5 Å². The van der Waals surface area contributed by atoms with Crippen LogP contribution >= 0.6 is 0 Å². The first-order chi connectivity index (χ1) is 15.0. The van der Waals surface area contributed by atoms with E-state index in [1.54, 1.807) is 26.0 Å². The lowest BCUT2D eigenvalue weighted by Gasteiger charge is -2.25. The zero-order chi connectivity index (χ0) is 23.6. The molecule has 0 spiro atoms. The van der Waals surface area contributed by atoms with E-state index in [-0.39, 0.29) is 17.1 Å². The second-order valence-electron chi connectivity index (χ2n) is 7.90. The molecule has 1 unspecified atom stereocenters. The van der Waals surface area contributed by atoms with Crippen molar-refractivity contribution in [3.63, 3.8) is 0 Å². The van der Waals surface area contributed by atoms with Crippen LogP contribution in [0.5, 0.6) is 0 Å². The number of benzene rings is 2. The first kappa shape index (κ1) is 23.8. The molecule has 0 aliphatic carbocycles. The van der Waals surface area contributed by atoms with E-state index in [0.717, 1.165) is 17.7 Å². The third-order valence-corrected chi connectivity index (χ3v) is 7.52.